The number of nitrogens with two attached hydrogens (primary N) is 1. The van der Waals surface area contributed by atoms with Gasteiger partial charge in [-0.25, -0.2) is 9.97 Å². The van der Waals surface area contributed by atoms with Gasteiger partial charge in [-0.15, -0.1) is 0 Å². The molecule has 7 nitrogen and oxygen atoms in total. The van der Waals surface area contributed by atoms with E-state index in [9.17, 15) is 0 Å². The Balaban J connectivity index is 2.34. The summed E-state index contributed by atoms with van der Waals surface area (Å²) >= 11 is 0. The van der Waals surface area contributed by atoms with Crippen LogP contribution in [-0.4, -0.2) is 31.3 Å². The predicted octanol–water partition coefficient (Wildman–Crippen LogP) is 1.88. The van der Waals surface area contributed by atoms with E-state index in [4.69, 9.17) is 24.7 Å². The largest absolute Gasteiger partial charge is 0.493 e. The summed E-state index contributed by atoms with van der Waals surface area (Å²) < 4.78 is 21.2. The van der Waals surface area contributed by atoms with Gasteiger partial charge in [-0.3, -0.25) is 0 Å². The lowest BCUT2D eigenvalue weighted by molar-refractivity contribution is 0.320. The van der Waals surface area contributed by atoms with Gasteiger partial charge in [-0.1, -0.05) is 0 Å². The number of ether oxygens (including phenoxy) is 4. The number of nitrogen functional groups attached to an aromatic ring is 1. The third kappa shape index (κ3) is 2.82. The minimum absolute atomic E-state index is 0.175. The first-order valence-electron chi connectivity index (χ1n) is 5.73. The molecule has 0 aliphatic heterocycles. The van der Waals surface area contributed by atoms with Crippen LogP contribution in [-0.2, 0) is 0 Å². The van der Waals surface area contributed by atoms with E-state index in [1.54, 1.807) is 12.1 Å². The molecule has 1 aromatic carbocycles. The van der Waals surface area contributed by atoms with Gasteiger partial charge in [0.2, 0.25) is 5.75 Å². The second-order valence-corrected chi connectivity index (χ2v) is 3.76. The van der Waals surface area contributed by atoms with Gasteiger partial charge < -0.3 is 24.7 Å². The monoisotopic (exact) mass is 277 g/mol. The number of hydrogen-bond acceptors (Lipinski definition) is 7. The van der Waals surface area contributed by atoms with E-state index in [0.717, 1.165) is 0 Å². The first-order valence-corrected chi connectivity index (χ1v) is 5.73. The fraction of sp³-hybridized carbons (Fsp3) is 0.231. The van der Waals surface area contributed by atoms with Crippen LogP contribution in [0.5, 0.6) is 29.0 Å². The quantitative estimate of drug-likeness (QED) is 0.892. The van der Waals surface area contributed by atoms with Crippen LogP contribution in [0.25, 0.3) is 0 Å². The van der Waals surface area contributed by atoms with Crippen molar-refractivity contribution in [2.24, 2.45) is 0 Å². The van der Waals surface area contributed by atoms with Gasteiger partial charge in [-0.2, -0.15) is 0 Å². The van der Waals surface area contributed by atoms with Crippen LogP contribution in [0.2, 0.25) is 0 Å². The van der Waals surface area contributed by atoms with Crippen molar-refractivity contribution in [2.75, 3.05) is 27.1 Å². The van der Waals surface area contributed by atoms with Crippen molar-refractivity contribution in [3.05, 3.63) is 24.5 Å². The maximum atomic E-state index is 5.52. The van der Waals surface area contributed by atoms with Crippen molar-refractivity contribution in [1.82, 2.24) is 9.97 Å². The predicted molar refractivity (Wildman–Crippen MR) is 72.6 cm³/mol. The van der Waals surface area contributed by atoms with Crippen LogP contribution in [0.4, 0.5) is 5.69 Å². The molecule has 0 atom stereocenters. The highest BCUT2D eigenvalue weighted by Gasteiger charge is 2.14. The number of nitrogens with zero attached hydrogens (tertiary/aromatic N) is 2. The van der Waals surface area contributed by atoms with E-state index < -0.39 is 0 Å². The van der Waals surface area contributed by atoms with Crippen LogP contribution in [0.15, 0.2) is 24.5 Å². The molecule has 0 saturated heterocycles. The summed E-state index contributed by atoms with van der Waals surface area (Å²) in [5.41, 5.74) is 5.97. The summed E-state index contributed by atoms with van der Waals surface area (Å²) in [4.78, 5) is 7.91. The van der Waals surface area contributed by atoms with Crippen LogP contribution >= 0.6 is 0 Å². The van der Waals surface area contributed by atoms with E-state index in [2.05, 4.69) is 9.97 Å². The molecular formula is C13H15N3O4. The Hall–Kier alpha value is -2.70. The molecule has 0 aliphatic carbocycles. The summed E-state index contributed by atoms with van der Waals surface area (Å²) in [6, 6.07) is 3.48. The van der Waals surface area contributed by atoms with E-state index in [1.807, 2.05) is 0 Å². The van der Waals surface area contributed by atoms with E-state index in [0.29, 0.717) is 28.7 Å². The number of anilines is 1. The molecule has 1 aromatic heterocycles. The number of methoxy groups -OCH3 is 3. The average Bonchev–Trinajstić information content (AvgIpc) is 2.48. The van der Waals surface area contributed by atoms with Gasteiger partial charge in [0, 0.05) is 12.1 Å². The zero-order valence-corrected chi connectivity index (χ0v) is 11.4. The molecule has 7 heteroatoms. The zero-order chi connectivity index (χ0) is 14.5. The zero-order valence-electron chi connectivity index (χ0n) is 11.4. The Morgan fingerprint density at radius 2 is 1.45 bits per heavy atom. The summed E-state index contributed by atoms with van der Waals surface area (Å²) in [6.07, 6.45) is 2.92. The van der Waals surface area contributed by atoms with E-state index in [1.165, 1.54) is 33.7 Å². The number of benzene rings is 1. The van der Waals surface area contributed by atoms with Crippen molar-refractivity contribution in [3.63, 3.8) is 0 Å². The maximum Gasteiger partial charge on any atom is 0.322 e. The van der Waals surface area contributed by atoms with Gasteiger partial charge in [0.15, 0.2) is 11.5 Å². The third-order valence-electron chi connectivity index (χ3n) is 2.50. The molecule has 0 bridgehead atoms. The lowest BCUT2D eigenvalue weighted by atomic mass is 10.2. The Morgan fingerprint density at radius 3 is 1.90 bits per heavy atom. The van der Waals surface area contributed by atoms with Crippen LogP contribution in [0, 0.1) is 0 Å². The molecule has 0 fully saturated rings. The summed E-state index contributed by atoms with van der Waals surface area (Å²) in [5.74, 6) is 1.92. The Morgan fingerprint density at radius 1 is 0.900 bits per heavy atom. The molecule has 0 unspecified atom stereocenters. The highest BCUT2D eigenvalue weighted by Crippen LogP contribution is 2.41. The number of aromatic nitrogens is 2. The molecule has 106 valence electrons. The van der Waals surface area contributed by atoms with Gasteiger partial charge in [-0.05, 0) is 0 Å². The second-order valence-electron chi connectivity index (χ2n) is 3.76. The Bertz CT molecular complexity index is 562. The van der Waals surface area contributed by atoms with Crippen LogP contribution in [0.3, 0.4) is 0 Å². The lowest BCUT2D eigenvalue weighted by Gasteiger charge is -2.13. The molecule has 20 heavy (non-hydrogen) atoms. The van der Waals surface area contributed by atoms with Crippen LogP contribution < -0.4 is 24.7 Å². The molecule has 0 amide bonds. The molecule has 0 aliphatic rings. The Labute approximate surface area is 116 Å². The molecule has 0 radical (unpaired) electrons. The molecule has 2 aromatic rings. The van der Waals surface area contributed by atoms with Crippen molar-refractivity contribution in [1.29, 1.82) is 0 Å². The normalized spacial score (nSPS) is 9.95. The average molecular weight is 277 g/mol. The molecule has 2 N–H and O–H groups in total. The maximum absolute atomic E-state index is 5.52. The first-order chi connectivity index (χ1) is 9.67. The van der Waals surface area contributed by atoms with Crippen molar-refractivity contribution in [2.45, 2.75) is 0 Å². The standard InChI is InChI=1S/C13H15N3O4/c1-17-10-4-9(5-11(18-2)12(10)19-3)20-13-15-6-8(14)7-16-13/h4-7H,14H2,1-3H3. The van der Waals surface area contributed by atoms with Gasteiger partial charge in [0.25, 0.3) is 0 Å². The van der Waals surface area contributed by atoms with Gasteiger partial charge >= 0.3 is 6.01 Å². The van der Waals surface area contributed by atoms with Crippen LogP contribution in [0.1, 0.15) is 0 Å². The van der Waals surface area contributed by atoms with Gasteiger partial charge in [0.05, 0.1) is 39.4 Å². The fourth-order valence-corrected chi connectivity index (χ4v) is 1.60. The first kappa shape index (κ1) is 13.7. The lowest BCUT2D eigenvalue weighted by Crippen LogP contribution is -1.97. The molecular weight excluding hydrogens is 262 g/mol. The highest BCUT2D eigenvalue weighted by atomic mass is 16.5. The van der Waals surface area contributed by atoms with E-state index >= 15 is 0 Å². The molecule has 1 heterocycles. The minimum Gasteiger partial charge on any atom is -0.493 e. The Kier molecular flexibility index (Phi) is 4.09. The summed E-state index contributed by atoms with van der Waals surface area (Å²) in [7, 11) is 4.59. The molecule has 2 rings (SSSR count). The number of rotatable bonds is 5. The number of hydrogen-bond donors (Lipinski definition) is 1. The van der Waals surface area contributed by atoms with Crippen molar-refractivity contribution >= 4 is 5.69 Å². The van der Waals surface area contributed by atoms with Crippen molar-refractivity contribution in [3.8, 4) is 29.0 Å². The molecule has 0 saturated carbocycles. The van der Waals surface area contributed by atoms with Gasteiger partial charge in [0.1, 0.15) is 5.75 Å². The SMILES string of the molecule is COc1cc(Oc2ncc(N)cn2)cc(OC)c1OC. The minimum atomic E-state index is 0.175. The van der Waals surface area contributed by atoms with E-state index in [-0.39, 0.29) is 6.01 Å². The fourth-order valence-electron chi connectivity index (χ4n) is 1.60. The highest BCUT2D eigenvalue weighted by molar-refractivity contribution is 5.56. The molecule has 0 spiro atoms. The summed E-state index contributed by atoms with van der Waals surface area (Å²) in [6.45, 7) is 0. The summed E-state index contributed by atoms with van der Waals surface area (Å²) in [5, 5.41) is 0. The third-order valence-corrected chi connectivity index (χ3v) is 2.50. The smallest absolute Gasteiger partial charge is 0.322 e. The topological polar surface area (TPSA) is 88.7 Å². The second kappa shape index (κ2) is 5.96. The van der Waals surface area contributed by atoms with Crippen molar-refractivity contribution < 1.29 is 18.9 Å².